The van der Waals surface area contributed by atoms with E-state index in [2.05, 4.69) is 51.5 Å². The summed E-state index contributed by atoms with van der Waals surface area (Å²) in [5, 5.41) is 19.4. The van der Waals surface area contributed by atoms with E-state index in [4.69, 9.17) is 23.2 Å². The molecule has 240 valence electrons. The first-order valence-corrected chi connectivity index (χ1v) is 16.6. The molecule has 0 spiro atoms. The Balaban J connectivity index is 1.13. The lowest BCUT2D eigenvalue weighted by Gasteiger charge is -2.13. The van der Waals surface area contributed by atoms with Gasteiger partial charge in [0.1, 0.15) is 0 Å². The quantitative estimate of drug-likeness (QED) is 0.0587. The third-order valence-electron chi connectivity index (χ3n) is 6.90. The highest BCUT2D eigenvalue weighted by molar-refractivity contribution is 7.85. The number of rotatable bonds is 13. The van der Waals surface area contributed by atoms with Crippen LogP contribution in [0.3, 0.4) is 0 Å². The van der Waals surface area contributed by atoms with Gasteiger partial charge in [-0.05, 0) is 72.8 Å². The Labute approximate surface area is 280 Å². The Morgan fingerprint density at radius 1 is 0.596 bits per heavy atom. The molecule has 3 aromatic heterocycles. The molecule has 3 heterocycles. The monoisotopic (exact) mass is 690 g/mol. The Hall–Kier alpha value is -5.02. The third kappa shape index (κ3) is 8.23. The molecule has 0 saturated heterocycles. The van der Waals surface area contributed by atoms with Gasteiger partial charge in [0, 0.05) is 76.5 Å². The number of hydrogen-bond donors (Lipinski definition) is 6. The number of fused-ring (bicyclic) bond motifs is 2. The molecule has 0 saturated carbocycles. The maximum Gasteiger partial charge on any atom is 0.294 e. The average molecular weight is 692 g/mol. The van der Waals surface area contributed by atoms with Gasteiger partial charge in [0.05, 0.1) is 15.9 Å². The molecule has 0 bridgehead atoms. The lowest BCUT2D eigenvalue weighted by molar-refractivity contribution is 0.483. The van der Waals surface area contributed by atoms with Gasteiger partial charge < -0.3 is 26.6 Å². The molecule has 13 nitrogen and oxygen atoms in total. The van der Waals surface area contributed by atoms with E-state index in [-0.39, 0.29) is 10.8 Å². The number of nitrogens with zero attached hydrogens (tertiary/aromatic N) is 5. The smallest absolute Gasteiger partial charge is 0.294 e. The fraction of sp³-hybridized carbons (Fsp3) is 0.129. The lowest BCUT2D eigenvalue weighted by Crippen LogP contribution is -2.19. The van der Waals surface area contributed by atoms with E-state index in [1.165, 1.54) is 24.3 Å². The molecule has 0 radical (unpaired) electrons. The topological polar surface area (TPSA) is 179 Å². The van der Waals surface area contributed by atoms with Crippen LogP contribution in [0.2, 0.25) is 10.0 Å². The highest BCUT2D eigenvalue weighted by Crippen LogP contribution is 2.25. The number of pyridine rings is 2. The second kappa shape index (κ2) is 14.2. The summed E-state index contributed by atoms with van der Waals surface area (Å²) >= 11 is 12.2. The number of benzene rings is 3. The predicted molar refractivity (Wildman–Crippen MR) is 187 cm³/mol. The SMILES string of the molecule is O=S(=O)(O)c1ccc(Nc2nc(NCCNc3ccnc4cc(Cl)ccc34)nc(NCCNc3ccnc4cc(Cl)ccc34)n2)cc1. The molecule has 47 heavy (non-hydrogen) atoms. The minimum Gasteiger partial charge on any atom is -0.383 e. The van der Waals surface area contributed by atoms with E-state index < -0.39 is 10.1 Å². The van der Waals surface area contributed by atoms with Crippen LogP contribution in [0, 0.1) is 0 Å². The lowest BCUT2D eigenvalue weighted by atomic mass is 10.2. The summed E-state index contributed by atoms with van der Waals surface area (Å²) in [4.78, 5) is 22.0. The van der Waals surface area contributed by atoms with E-state index in [1.54, 1.807) is 12.4 Å². The molecule has 0 amide bonds. The predicted octanol–water partition coefficient (Wildman–Crippen LogP) is 6.31. The molecule has 0 aliphatic heterocycles. The molecule has 6 rings (SSSR count). The minimum atomic E-state index is -4.32. The van der Waals surface area contributed by atoms with E-state index in [1.807, 2.05) is 48.5 Å². The summed E-state index contributed by atoms with van der Waals surface area (Å²) in [5.74, 6) is 0.856. The highest BCUT2D eigenvalue weighted by atomic mass is 35.5. The van der Waals surface area contributed by atoms with Crippen molar-refractivity contribution in [2.24, 2.45) is 0 Å². The first-order chi connectivity index (χ1) is 22.7. The minimum absolute atomic E-state index is 0.222. The molecule has 0 atom stereocenters. The van der Waals surface area contributed by atoms with E-state index in [9.17, 15) is 13.0 Å². The Morgan fingerprint density at radius 3 is 1.55 bits per heavy atom. The largest absolute Gasteiger partial charge is 0.383 e. The number of hydrogen-bond acceptors (Lipinski definition) is 12. The standard InChI is InChI=1S/C31H28Cl2N10O3S/c32-19-1-7-23-25(9-11-34-27(23)17-19)36-13-15-38-29-41-30(43-31(42-29)40-21-3-5-22(6-4-21)47(44,45)46)39-16-14-37-26-10-12-35-28-18-20(33)2-8-24(26)28/h1-12,17-18H,13-16H2,(H,34,36)(H,35,37)(H,44,45,46)(H3,38,39,40,41,42,43). The molecule has 0 fully saturated rings. The van der Waals surface area contributed by atoms with Crippen LogP contribution in [0.25, 0.3) is 21.8 Å². The van der Waals surface area contributed by atoms with Crippen molar-refractivity contribution in [3.63, 3.8) is 0 Å². The number of aromatic nitrogens is 5. The fourth-order valence-electron chi connectivity index (χ4n) is 4.72. The van der Waals surface area contributed by atoms with Crippen LogP contribution in [-0.2, 0) is 10.1 Å². The van der Waals surface area contributed by atoms with Crippen molar-refractivity contribution in [1.29, 1.82) is 0 Å². The summed E-state index contributed by atoms with van der Waals surface area (Å²) < 4.78 is 32.2. The van der Waals surface area contributed by atoms with Crippen LogP contribution < -0.4 is 26.6 Å². The normalized spacial score (nSPS) is 11.4. The van der Waals surface area contributed by atoms with Crippen molar-refractivity contribution >= 4 is 90.0 Å². The fourth-order valence-corrected chi connectivity index (χ4v) is 5.54. The molecule has 0 aliphatic rings. The second-order valence-corrected chi connectivity index (χ2v) is 12.5. The second-order valence-electron chi connectivity index (χ2n) is 10.2. The van der Waals surface area contributed by atoms with Gasteiger partial charge in [0.15, 0.2) is 0 Å². The molecule has 6 N–H and O–H groups in total. The van der Waals surface area contributed by atoms with Crippen LogP contribution in [0.1, 0.15) is 0 Å². The average Bonchev–Trinajstić information content (AvgIpc) is 3.04. The zero-order valence-corrected chi connectivity index (χ0v) is 26.9. The van der Waals surface area contributed by atoms with Gasteiger partial charge in [-0.15, -0.1) is 0 Å². The van der Waals surface area contributed by atoms with Crippen molar-refractivity contribution in [3.8, 4) is 0 Å². The summed E-state index contributed by atoms with van der Waals surface area (Å²) in [6.45, 7) is 2.05. The number of nitrogens with one attached hydrogen (secondary N) is 5. The Kier molecular flexibility index (Phi) is 9.63. The Morgan fingerprint density at radius 2 is 1.06 bits per heavy atom. The molecule has 16 heteroatoms. The van der Waals surface area contributed by atoms with Gasteiger partial charge in [-0.3, -0.25) is 14.5 Å². The van der Waals surface area contributed by atoms with Crippen molar-refractivity contribution in [2.45, 2.75) is 4.90 Å². The van der Waals surface area contributed by atoms with Crippen molar-refractivity contribution in [3.05, 3.63) is 95.2 Å². The molecular weight excluding hydrogens is 663 g/mol. The van der Waals surface area contributed by atoms with Crippen LogP contribution in [0.5, 0.6) is 0 Å². The first-order valence-electron chi connectivity index (χ1n) is 14.4. The van der Waals surface area contributed by atoms with Gasteiger partial charge in [-0.25, -0.2) is 0 Å². The van der Waals surface area contributed by atoms with Crippen LogP contribution >= 0.6 is 23.2 Å². The van der Waals surface area contributed by atoms with Crippen LogP contribution in [0.4, 0.5) is 34.9 Å². The number of anilines is 6. The van der Waals surface area contributed by atoms with Gasteiger partial charge in [-0.1, -0.05) is 23.2 Å². The van der Waals surface area contributed by atoms with Crippen LogP contribution in [-0.4, -0.2) is 64.1 Å². The Bertz CT molecular complexity index is 2040. The van der Waals surface area contributed by atoms with E-state index in [0.717, 1.165) is 33.2 Å². The molecule has 3 aromatic carbocycles. The van der Waals surface area contributed by atoms with Gasteiger partial charge in [-0.2, -0.15) is 23.4 Å². The summed E-state index contributed by atoms with van der Waals surface area (Å²) in [6, 6.07) is 20.5. The molecule has 6 aromatic rings. The summed E-state index contributed by atoms with van der Waals surface area (Å²) in [5.41, 5.74) is 3.93. The molecule has 0 aliphatic carbocycles. The van der Waals surface area contributed by atoms with E-state index in [0.29, 0.717) is 53.8 Å². The third-order valence-corrected chi connectivity index (χ3v) is 8.24. The van der Waals surface area contributed by atoms with Crippen LogP contribution in [0.15, 0.2) is 90.1 Å². The zero-order chi connectivity index (χ0) is 32.8. The molecule has 0 unspecified atom stereocenters. The van der Waals surface area contributed by atoms with Gasteiger partial charge in [0.2, 0.25) is 17.8 Å². The zero-order valence-electron chi connectivity index (χ0n) is 24.6. The summed E-state index contributed by atoms with van der Waals surface area (Å²) in [6.07, 6.45) is 3.45. The van der Waals surface area contributed by atoms with Crippen molar-refractivity contribution in [1.82, 2.24) is 24.9 Å². The number of halogens is 2. The van der Waals surface area contributed by atoms with Gasteiger partial charge in [0.25, 0.3) is 10.1 Å². The maximum absolute atomic E-state index is 11.4. The highest BCUT2D eigenvalue weighted by Gasteiger charge is 2.11. The van der Waals surface area contributed by atoms with Crippen molar-refractivity contribution in [2.75, 3.05) is 52.8 Å². The first kappa shape index (κ1) is 31.9. The van der Waals surface area contributed by atoms with E-state index >= 15 is 0 Å². The van der Waals surface area contributed by atoms with Gasteiger partial charge >= 0.3 is 0 Å². The molecular formula is C31H28Cl2N10O3S. The van der Waals surface area contributed by atoms with Crippen molar-refractivity contribution < 1.29 is 13.0 Å². The summed E-state index contributed by atoms with van der Waals surface area (Å²) in [7, 11) is -4.32. The maximum atomic E-state index is 11.4.